The first-order valence-corrected chi connectivity index (χ1v) is 27.2. The topological polar surface area (TPSA) is 45.5 Å². The molecule has 0 unspecified atom stereocenters. The first-order valence-electron chi connectivity index (χ1n) is 27.2. The number of para-hydroxylation sites is 5. The molecule has 374 valence electrons. The summed E-state index contributed by atoms with van der Waals surface area (Å²) in [6, 6.07) is 99.7. The third-order valence-electron chi connectivity index (χ3n) is 16.1. The Kier molecular flexibility index (Phi) is 10.5. The van der Waals surface area contributed by atoms with Crippen molar-refractivity contribution in [2.24, 2.45) is 0 Å². The van der Waals surface area contributed by atoms with Crippen molar-refractivity contribution < 1.29 is 0 Å². The van der Waals surface area contributed by atoms with Crippen molar-refractivity contribution in [3.05, 3.63) is 291 Å². The average molecular weight is 1020 g/mol. The molecule has 6 heterocycles. The molecule has 6 nitrogen and oxygen atoms in total. The normalized spacial score (nSPS) is 11.8. The van der Waals surface area contributed by atoms with Crippen LogP contribution in [0.25, 0.3) is 143 Å². The molecule has 0 saturated heterocycles. The average Bonchev–Trinajstić information content (AvgIpc) is 4.37. The van der Waals surface area contributed by atoms with Gasteiger partial charge in [-0.2, -0.15) is 0 Å². The van der Waals surface area contributed by atoms with Gasteiger partial charge in [0.15, 0.2) is 0 Å². The summed E-state index contributed by atoms with van der Waals surface area (Å²) in [6.45, 7) is 0. The zero-order valence-corrected chi connectivity index (χ0v) is 43.4. The van der Waals surface area contributed by atoms with Crippen LogP contribution in [-0.2, 0) is 0 Å². The standard InChI is InChI=1S/C39H25N3.C35H23N3/c1-2-12-29(13-3-1)41-36-17-8-15-31(38(36)39-37(41)18-9-23-40-39)28-20-22-35-33(25-28)32-14-6-7-16-34(32)42(35)30-21-19-26-10-4-5-11-27(26)24-30;1-3-11-25(12-4-1)37-30-17-8-7-15-28(30)29-23-24(20-21-31(29)37)27-16-9-18-32-34(27)35-33(19-10-22-36-35)38(32)26-13-5-2-6-14-26/h1-25H;1-23H. The van der Waals surface area contributed by atoms with Gasteiger partial charge in [0.2, 0.25) is 0 Å². The number of hydrogen-bond acceptors (Lipinski definition) is 2. The predicted octanol–water partition coefficient (Wildman–Crippen LogP) is 19.0. The second kappa shape index (κ2) is 18.4. The van der Waals surface area contributed by atoms with Crippen molar-refractivity contribution in [1.29, 1.82) is 0 Å². The van der Waals surface area contributed by atoms with E-state index in [-0.39, 0.29) is 0 Å². The maximum absolute atomic E-state index is 4.90. The Morgan fingerprint density at radius 2 is 0.613 bits per heavy atom. The second-order valence-corrected chi connectivity index (χ2v) is 20.5. The molecule has 17 aromatic rings. The molecular weight excluding hydrogens is 973 g/mol. The van der Waals surface area contributed by atoms with Crippen LogP contribution in [-0.4, -0.2) is 28.2 Å². The first kappa shape index (κ1) is 45.4. The van der Waals surface area contributed by atoms with Crippen LogP contribution in [0.3, 0.4) is 0 Å². The van der Waals surface area contributed by atoms with E-state index in [1.165, 1.54) is 98.8 Å². The minimum atomic E-state index is 1.02. The van der Waals surface area contributed by atoms with Crippen molar-refractivity contribution in [2.45, 2.75) is 0 Å². The van der Waals surface area contributed by atoms with Gasteiger partial charge in [0, 0.05) is 67.5 Å². The first-order chi connectivity index (χ1) is 39.7. The van der Waals surface area contributed by atoms with Gasteiger partial charge in [0.05, 0.1) is 55.2 Å². The summed E-state index contributed by atoms with van der Waals surface area (Å²) in [4.78, 5) is 9.77. The Balaban J connectivity index is 0.000000133. The highest BCUT2D eigenvalue weighted by Crippen LogP contribution is 2.43. The van der Waals surface area contributed by atoms with E-state index in [1.54, 1.807) is 0 Å². The van der Waals surface area contributed by atoms with Crippen LogP contribution in [0.5, 0.6) is 0 Å². The molecular formula is C74H48N6. The van der Waals surface area contributed by atoms with Crippen LogP contribution in [0.4, 0.5) is 0 Å². The van der Waals surface area contributed by atoms with Gasteiger partial charge < -0.3 is 18.3 Å². The minimum absolute atomic E-state index is 1.02. The van der Waals surface area contributed by atoms with Crippen LogP contribution >= 0.6 is 0 Å². The zero-order chi connectivity index (χ0) is 52.7. The van der Waals surface area contributed by atoms with E-state index < -0.39 is 0 Å². The number of aromatic nitrogens is 6. The molecule has 0 amide bonds. The summed E-state index contributed by atoms with van der Waals surface area (Å²) in [5.74, 6) is 0. The molecule has 6 heteroatoms. The van der Waals surface area contributed by atoms with Crippen molar-refractivity contribution in [1.82, 2.24) is 28.2 Å². The minimum Gasteiger partial charge on any atom is -0.309 e. The van der Waals surface area contributed by atoms with Gasteiger partial charge >= 0.3 is 0 Å². The van der Waals surface area contributed by atoms with E-state index in [0.29, 0.717) is 0 Å². The van der Waals surface area contributed by atoms with Crippen molar-refractivity contribution >= 4 is 98.3 Å². The van der Waals surface area contributed by atoms with Crippen molar-refractivity contribution in [3.8, 4) is 45.0 Å². The molecule has 0 fully saturated rings. The number of pyridine rings is 2. The predicted molar refractivity (Wildman–Crippen MR) is 334 cm³/mol. The van der Waals surface area contributed by atoms with Crippen LogP contribution in [0.15, 0.2) is 291 Å². The highest BCUT2D eigenvalue weighted by atomic mass is 15.0. The van der Waals surface area contributed by atoms with Gasteiger partial charge in [0.25, 0.3) is 0 Å². The Bertz CT molecular complexity index is 5240. The molecule has 0 aliphatic carbocycles. The van der Waals surface area contributed by atoms with E-state index in [0.717, 1.165) is 44.5 Å². The lowest BCUT2D eigenvalue weighted by Crippen LogP contribution is -1.94. The highest BCUT2D eigenvalue weighted by molar-refractivity contribution is 6.18. The number of rotatable bonds is 6. The summed E-state index contributed by atoms with van der Waals surface area (Å²) in [6.07, 6.45) is 3.79. The van der Waals surface area contributed by atoms with Crippen LogP contribution in [0.2, 0.25) is 0 Å². The van der Waals surface area contributed by atoms with E-state index in [2.05, 4.69) is 285 Å². The molecule has 0 aliphatic heterocycles. The van der Waals surface area contributed by atoms with Crippen LogP contribution in [0.1, 0.15) is 0 Å². The molecule has 11 aromatic carbocycles. The lowest BCUT2D eigenvalue weighted by Gasteiger charge is -2.10. The fraction of sp³-hybridized carbons (Fsp3) is 0. The molecule has 0 spiro atoms. The second-order valence-electron chi connectivity index (χ2n) is 20.5. The lowest BCUT2D eigenvalue weighted by molar-refractivity contribution is 1.17. The largest absolute Gasteiger partial charge is 0.309 e. The molecule has 17 rings (SSSR count). The van der Waals surface area contributed by atoms with Gasteiger partial charge in [0.1, 0.15) is 0 Å². The third-order valence-corrected chi connectivity index (χ3v) is 16.1. The zero-order valence-electron chi connectivity index (χ0n) is 43.4. The summed E-state index contributed by atoms with van der Waals surface area (Å²) in [5.41, 5.74) is 20.8. The summed E-state index contributed by atoms with van der Waals surface area (Å²) >= 11 is 0. The van der Waals surface area contributed by atoms with E-state index in [4.69, 9.17) is 9.97 Å². The molecule has 0 saturated carbocycles. The monoisotopic (exact) mass is 1020 g/mol. The summed E-state index contributed by atoms with van der Waals surface area (Å²) < 4.78 is 9.40. The Morgan fingerprint density at radius 3 is 1.11 bits per heavy atom. The van der Waals surface area contributed by atoms with Crippen LogP contribution in [0, 0.1) is 0 Å². The van der Waals surface area contributed by atoms with Gasteiger partial charge in [-0.1, -0.05) is 158 Å². The Morgan fingerprint density at radius 1 is 0.225 bits per heavy atom. The SMILES string of the molecule is c1ccc(-n2c3ccccc3c3cc(-c4cccc5c4c4ncccc4n5-c4ccccc4)ccc32)cc1.c1ccc(-n2c3cccnc3c3c(-c4ccc5c(c4)c4ccccc4n5-c4ccc5ccccc5c4)cccc32)cc1. The van der Waals surface area contributed by atoms with Gasteiger partial charge in [-0.3, -0.25) is 9.97 Å². The molecule has 0 atom stereocenters. The van der Waals surface area contributed by atoms with E-state index in [1.807, 2.05) is 24.5 Å². The maximum atomic E-state index is 4.90. The Labute approximate surface area is 460 Å². The van der Waals surface area contributed by atoms with Crippen LogP contribution < -0.4 is 0 Å². The third kappa shape index (κ3) is 7.13. The van der Waals surface area contributed by atoms with Gasteiger partial charge in [-0.15, -0.1) is 0 Å². The molecule has 0 radical (unpaired) electrons. The van der Waals surface area contributed by atoms with Crippen molar-refractivity contribution in [3.63, 3.8) is 0 Å². The van der Waals surface area contributed by atoms with E-state index >= 15 is 0 Å². The highest BCUT2D eigenvalue weighted by Gasteiger charge is 2.21. The summed E-state index contributed by atoms with van der Waals surface area (Å²) in [5, 5.41) is 9.84. The number of benzene rings is 11. The number of hydrogen-bond donors (Lipinski definition) is 0. The molecule has 0 aliphatic rings. The lowest BCUT2D eigenvalue weighted by atomic mass is 9.99. The molecule has 6 aromatic heterocycles. The fourth-order valence-electron chi connectivity index (χ4n) is 12.7. The fourth-order valence-corrected chi connectivity index (χ4v) is 12.7. The molecule has 0 N–H and O–H groups in total. The maximum Gasteiger partial charge on any atom is 0.0969 e. The van der Waals surface area contributed by atoms with Crippen molar-refractivity contribution in [2.75, 3.05) is 0 Å². The van der Waals surface area contributed by atoms with E-state index in [9.17, 15) is 0 Å². The smallest absolute Gasteiger partial charge is 0.0969 e. The Hall–Kier alpha value is -10.8. The molecule has 80 heavy (non-hydrogen) atoms. The molecule has 0 bridgehead atoms. The summed E-state index contributed by atoms with van der Waals surface area (Å²) in [7, 11) is 0. The van der Waals surface area contributed by atoms with Gasteiger partial charge in [-0.05, 0) is 154 Å². The number of nitrogens with zero attached hydrogens (tertiary/aromatic N) is 6. The quantitative estimate of drug-likeness (QED) is 0.167. The number of fused-ring (bicyclic) bond motifs is 13. The van der Waals surface area contributed by atoms with Gasteiger partial charge in [-0.25, -0.2) is 0 Å².